The third kappa shape index (κ3) is 3.85. The number of aromatic nitrogens is 2. The molecule has 20 heavy (non-hydrogen) atoms. The van der Waals surface area contributed by atoms with Gasteiger partial charge < -0.3 is 15.2 Å². The van der Waals surface area contributed by atoms with Gasteiger partial charge in [-0.3, -0.25) is 0 Å². The lowest BCUT2D eigenvalue weighted by Crippen LogP contribution is -2.03. The summed E-state index contributed by atoms with van der Waals surface area (Å²) >= 11 is 1.49. The van der Waals surface area contributed by atoms with E-state index in [1.54, 1.807) is 13.2 Å². The van der Waals surface area contributed by atoms with Crippen LogP contribution in [0.2, 0.25) is 0 Å². The molecule has 0 amide bonds. The number of para-hydroxylation sites is 1. The molecule has 1 heterocycles. The number of hydrogen-bond acceptors (Lipinski definition) is 6. The molecule has 1 aromatic carbocycles. The highest BCUT2D eigenvalue weighted by Crippen LogP contribution is 2.34. The number of rotatable bonds is 6. The largest absolute Gasteiger partial charge is 0.496 e. The molecule has 1 aromatic heterocycles. The first kappa shape index (κ1) is 14.6. The van der Waals surface area contributed by atoms with Crippen molar-refractivity contribution in [1.82, 2.24) is 9.97 Å². The average molecular weight is 291 g/mol. The Morgan fingerprint density at radius 3 is 2.80 bits per heavy atom. The van der Waals surface area contributed by atoms with Crippen molar-refractivity contribution in [1.29, 1.82) is 0 Å². The summed E-state index contributed by atoms with van der Waals surface area (Å²) in [6, 6.07) is 9.51. The van der Waals surface area contributed by atoms with Crippen LogP contribution in [-0.2, 0) is 11.3 Å². The highest BCUT2D eigenvalue weighted by molar-refractivity contribution is 7.99. The Morgan fingerprint density at radius 2 is 2.05 bits per heavy atom. The Hall–Kier alpha value is -1.79. The van der Waals surface area contributed by atoms with E-state index >= 15 is 0 Å². The van der Waals surface area contributed by atoms with Crippen LogP contribution in [0, 0.1) is 0 Å². The number of anilines is 1. The number of hydrogen-bond donors (Lipinski definition) is 1. The molecular formula is C14H17N3O2S. The molecule has 0 atom stereocenters. The van der Waals surface area contributed by atoms with Gasteiger partial charge in [0.05, 0.1) is 12.0 Å². The van der Waals surface area contributed by atoms with E-state index < -0.39 is 0 Å². The molecule has 0 radical (unpaired) electrons. The van der Waals surface area contributed by atoms with E-state index in [1.807, 2.05) is 31.2 Å². The smallest absolute Gasteiger partial charge is 0.157 e. The number of benzene rings is 1. The maximum Gasteiger partial charge on any atom is 0.157 e. The van der Waals surface area contributed by atoms with E-state index in [0.29, 0.717) is 24.9 Å². The molecule has 2 N–H and O–H groups in total. The van der Waals surface area contributed by atoms with Crippen molar-refractivity contribution in [3.05, 3.63) is 36.2 Å². The van der Waals surface area contributed by atoms with Crippen LogP contribution in [0.5, 0.6) is 5.75 Å². The Balaban J connectivity index is 2.22. The van der Waals surface area contributed by atoms with Crippen molar-refractivity contribution in [2.45, 2.75) is 23.5 Å². The summed E-state index contributed by atoms with van der Waals surface area (Å²) in [6.45, 7) is 2.91. The first-order chi connectivity index (χ1) is 9.72. The first-order valence-corrected chi connectivity index (χ1v) is 7.06. The SMILES string of the molecule is CCOCc1nc(N)cc(Sc2ccccc2OC)n1. The highest BCUT2D eigenvalue weighted by Gasteiger charge is 2.08. The quantitative estimate of drug-likeness (QED) is 0.825. The zero-order valence-corrected chi connectivity index (χ0v) is 12.3. The van der Waals surface area contributed by atoms with Crippen molar-refractivity contribution >= 4 is 17.6 Å². The van der Waals surface area contributed by atoms with Gasteiger partial charge in [0, 0.05) is 12.7 Å². The minimum Gasteiger partial charge on any atom is -0.496 e. The van der Waals surface area contributed by atoms with Crippen LogP contribution in [0.25, 0.3) is 0 Å². The lowest BCUT2D eigenvalue weighted by atomic mass is 10.3. The number of nitrogen functional groups attached to an aromatic ring is 1. The lowest BCUT2D eigenvalue weighted by Gasteiger charge is -2.08. The molecule has 0 aliphatic carbocycles. The fourth-order valence-electron chi connectivity index (χ4n) is 1.62. The van der Waals surface area contributed by atoms with Gasteiger partial charge in [-0.1, -0.05) is 23.9 Å². The van der Waals surface area contributed by atoms with Crippen LogP contribution in [0.15, 0.2) is 40.3 Å². The molecule has 0 aliphatic rings. The number of nitrogens with two attached hydrogens (primary N) is 1. The minimum absolute atomic E-state index is 0.362. The molecule has 0 unspecified atom stereocenters. The van der Waals surface area contributed by atoms with Gasteiger partial charge in [0.25, 0.3) is 0 Å². The fraction of sp³-hybridized carbons (Fsp3) is 0.286. The van der Waals surface area contributed by atoms with Crippen molar-refractivity contribution < 1.29 is 9.47 Å². The van der Waals surface area contributed by atoms with Crippen molar-refractivity contribution in [2.24, 2.45) is 0 Å². The topological polar surface area (TPSA) is 70.3 Å². The summed E-state index contributed by atoms with van der Waals surface area (Å²) in [5, 5.41) is 0.775. The fourth-order valence-corrected chi connectivity index (χ4v) is 2.57. The van der Waals surface area contributed by atoms with Gasteiger partial charge >= 0.3 is 0 Å². The molecule has 2 rings (SSSR count). The Labute approximate surface area is 122 Å². The molecule has 0 aliphatic heterocycles. The monoisotopic (exact) mass is 291 g/mol. The second-order valence-corrected chi connectivity index (χ2v) is 5.00. The predicted octanol–water partition coefficient (Wildman–Crippen LogP) is 2.76. The Kier molecular flexibility index (Phi) is 5.20. The van der Waals surface area contributed by atoms with Crippen LogP contribution in [0.1, 0.15) is 12.7 Å². The average Bonchev–Trinajstić information content (AvgIpc) is 2.45. The summed E-state index contributed by atoms with van der Waals surface area (Å²) in [6.07, 6.45) is 0. The van der Waals surface area contributed by atoms with Crippen LogP contribution < -0.4 is 10.5 Å². The van der Waals surface area contributed by atoms with Crippen molar-refractivity contribution in [3.8, 4) is 5.75 Å². The Bertz CT molecular complexity index is 578. The maximum absolute atomic E-state index is 5.80. The standard InChI is InChI=1S/C14H17N3O2S/c1-3-19-9-13-16-12(15)8-14(17-13)20-11-7-5-4-6-10(11)18-2/h4-8H,3,9H2,1-2H3,(H2,15,16,17). The third-order valence-corrected chi connectivity index (χ3v) is 3.46. The van der Waals surface area contributed by atoms with E-state index in [0.717, 1.165) is 15.7 Å². The molecule has 5 nitrogen and oxygen atoms in total. The molecule has 0 saturated carbocycles. The van der Waals surface area contributed by atoms with Crippen molar-refractivity contribution in [3.63, 3.8) is 0 Å². The van der Waals surface area contributed by atoms with Crippen LogP contribution in [-0.4, -0.2) is 23.7 Å². The lowest BCUT2D eigenvalue weighted by molar-refractivity contribution is 0.128. The van der Waals surface area contributed by atoms with E-state index in [9.17, 15) is 0 Å². The van der Waals surface area contributed by atoms with E-state index in [2.05, 4.69) is 9.97 Å². The molecule has 6 heteroatoms. The molecule has 0 spiro atoms. The van der Waals surface area contributed by atoms with Gasteiger partial charge in [-0.05, 0) is 19.1 Å². The summed E-state index contributed by atoms with van der Waals surface area (Å²) in [4.78, 5) is 9.57. The van der Waals surface area contributed by atoms with Crippen LogP contribution in [0.3, 0.4) is 0 Å². The van der Waals surface area contributed by atoms with Gasteiger partial charge in [-0.25, -0.2) is 9.97 Å². The third-order valence-electron chi connectivity index (χ3n) is 2.49. The van der Waals surface area contributed by atoms with E-state index in [1.165, 1.54) is 11.8 Å². The molecular weight excluding hydrogens is 274 g/mol. The molecule has 106 valence electrons. The van der Waals surface area contributed by atoms with Gasteiger partial charge in [0.1, 0.15) is 23.2 Å². The van der Waals surface area contributed by atoms with Crippen LogP contribution in [0.4, 0.5) is 5.82 Å². The predicted molar refractivity (Wildman–Crippen MR) is 78.9 cm³/mol. The molecule has 0 bridgehead atoms. The second kappa shape index (κ2) is 7.12. The number of ether oxygens (including phenoxy) is 2. The van der Waals surface area contributed by atoms with Gasteiger partial charge in [-0.2, -0.15) is 0 Å². The van der Waals surface area contributed by atoms with Crippen LogP contribution >= 0.6 is 11.8 Å². The zero-order chi connectivity index (χ0) is 14.4. The molecule has 2 aromatic rings. The van der Waals surface area contributed by atoms with Gasteiger partial charge in [-0.15, -0.1) is 0 Å². The second-order valence-electron chi connectivity index (χ2n) is 3.94. The van der Waals surface area contributed by atoms with Gasteiger partial charge in [0.15, 0.2) is 5.82 Å². The maximum atomic E-state index is 5.80. The van der Waals surface area contributed by atoms with Crippen molar-refractivity contribution in [2.75, 3.05) is 19.5 Å². The summed E-state index contributed by atoms with van der Waals surface area (Å²) in [5.74, 6) is 1.83. The normalized spacial score (nSPS) is 10.5. The van der Waals surface area contributed by atoms with E-state index in [4.69, 9.17) is 15.2 Å². The summed E-state index contributed by atoms with van der Waals surface area (Å²) in [7, 11) is 1.65. The van der Waals surface area contributed by atoms with E-state index in [-0.39, 0.29) is 0 Å². The number of methoxy groups -OCH3 is 1. The van der Waals surface area contributed by atoms with Gasteiger partial charge in [0.2, 0.25) is 0 Å². The number of nitrogens with zero attached hydrogens (tertiary/aromatic N) is 2. The molecule has 0 saturated heterocycles. The summed E-state index contributed by atoms with van der Waals surface area (Å²) in [5.41, 5.74) is 5.80. The Morgan fingerprint density at radius 1 is 1.25 bits per heavy atom. The first-order valence-electron chi connectivity index (χ1n) is 6.25. The zero-order valence-electron chi connectivity index (χ0n) is 11.5. The highest BCUT2D eigenvalue weighted by atomic mass is 32.2. The summed E-state index contributed by atoms with van der Waals surface area (Å²) < 4.78 is 10.6. The minimum atomic E-state index is 0.362. The molecule has 0 fully saturated rings.